The minimum Gasteiger partial charge on any atom is -0.461 e. The van der Waals surface area contributed by atoms with Crippen LogP contribution in [0, 0.1) is 6.92 Å². The molecule has 2 N–H and O–H groups in total. The van der Waals surface area contributed by atoms with Crippen LogP contribution in [0.15, 0.2) is 33.6 Å². The molecular formula is C17H21N3O4. The van der Waals surface area contributed by atoms with Gasteiger partial charge in [0.15, 0.2) is 0 Å². The molecule has 0 bridgehead atoms. The molecule has 3 rings (SSSR count). The topological polar surface area (TPSA) is 87.6 Å². The van der Waals surface area contributed by atoms with E-state index in [1.807, 2.05) is 12.1 Å². The molecule has 0 saturated carbocycles. The Morgan fingerprint density at radius 1 is 1.50 bits per heavy atom. The van der Waals surface area contributed by atoms with Crippen LogP contribution in [-0.2, 0) is 11.3 Å². The third-order valence-electron chi connectivity index (χ3n) is 4.15. The number of carbonyl (C=O) groups excluding carboxylic acids is 1. The van der Waals surface area contributed by atoms with Crippen molar-refractivity contribution in [1.82, 2.24) is 9.88 Å². The first-order valence-electron chi connectivity index (χ1n) is 7.93. The Hall–Kier alpha value is -2.54. The predicted octanol–water partition coefficient (Wildman–Crippen LogP) is 2.79. The lowest BCUT2D eigenvalue weighted by Crippen LogP contribution is -2.34. The van der Waals surface area contributed by atoms with Gasteiger partial charge in [0.05, 0.1) is 11.7 Å². The first-order valence-corrected chi connectivity index (χ1v) is 7.93. The number of likely N-dealkylation sites (tertiary alicyclic amines) is 1. The van der Waals surface area contributed by atoms with Crippen LogP contribution in [0.1, 0.15) is 36.0 Å². The van der Waals surface area contributed by atoms with Gasteiger partial charge in [-0.15, -0.1) is 0 Å². The third-order valence-corrected chi connectivity index (χ3v) is 4.15. The SMILES string of the molecule is COCc1ccc([C@H]2CCCN2C(=O)Nc2c[nH]c(=O)c(C)c2)o1. The molecule has 0 aromatic carbocycles. The fourth-order valence-electron chi connectivity index (χ4n) is 2.96. The fraction of sp³-hybridized carbons (Fsp3) is 0.412. The summed E-state index contributed by atoms with van der Waals surface area (Å²) in [5, 5.41) is 2.83. The van der Waals surface area contributed by atoms with Crippen molar-refractivity contribution in [3.05, 3.63) is 51.8 Å². The fourth-order valence-corrected chi connectivity index (χ4v) is 2.96. The van der Waals surface area contributed by atoms with E-state index in [0.29, 0.717) is 24.4 Å². The summed E-state index contributed by atoms with van der Waals surface area (Å²) in [5.74, 6) is 1.52. The van der Waals surface area contributed by atoms with Crippen molar-refractivity contribution in [2.24, 2.45) is 0 Å². The standard InChI is InChI=1S/C17H21N3O4/c1-11-8-12(9-18-16(11)21)19-17(22)20-7-3-4-14(20)15-6-5-13(24-15)10-23-2/h5-6,8-9,14H,3-4,7,10H2,1-2H3,(H,18,21)(H,19,22)/t14-/m1/s1. The van der Waals surface area contributed by atoms with Gasteiger partial charge >= 0.3 is 6.03 Å². The molecule has 0 spiro atoms. The molecule has 1 atom stereocenters. The molecule has 3 heterocycles. The number of nitrogens with zero attached hydrogens (tertiary/aromatic N) is 1. The number of furan rings is 1. The van der Waals surface area contributed by atoms with E-state index in [-0.39, 0.29) is 17.6 Å². The molecule has 2 aromatic rings. The van der Waals surface area contributed by atoms with Crippen molar-refractivity contribution in [3.8, 4) is 0 Å². The second-order valence-corrected chi connectivity index (χ2v) is 5.92. The van der Waals surface area contributed by atoms with Crippen molar-refractivity contribution in [1.29, 1.82) is 0 Å². The zero-order chi connectivity index (χ0) is 17.1. The number of nitrogens with one attached hydrogen (secondary N) is 2. The molecule has 7 nitrogen and oxygen atoms in total. The van der Waals surface area contributed by atoms with Crippen LogP contribution in [0.25, 0.3) is 0 Å². The molecule has 2 aromatic heterocycles. The number of aromatic amines is 1. The summed E-state index contributed by atoms with van der Waals surface area (Å²) in [6.07, 6.45) is 3.28. The lowest BCUT2D eigenvalue weighted by Gasteiger charge is -2.23. The van der Waals surface area contributed by atoms with Gasteiger partial charge in [-0.3, -0.25) is 4.79 Å². The van der Waals surface area contributed by atoms with E-state index in [9.17, 15) is 9.59 Å². The van der Waals surface area contributed by atoms with Gasteiger partial charge in [-0.2, -0.15) is 0 Å². The summed E-state index contributed by atoms with van der Waals surface area (Å²) in [6.45, 7) is 2.78. The zero-order valence-electron chi connectivity index (χ0n) is 13.8. The molecule has 1 aliphatic rings. The Kier molecular flexibility index (Phi) is 4.71. The largest absolute Gasteiger partial charge is 0.461 e. The lowest BCUT2D eigenvalue weighted by molar-refractivity contribution is 0.157. The number of carbonyl (C=O) groups is 1. The van der Waals surface area contributed by atoms with E-state index >= 15 is 0 Å². The van der Waals surface area contributed by atoms with Crippen molar-refractivity contribution in [2.75, 3.05) is 19.0 Å². The van der Waals surface area contributed by atoms with Crippen molar-refractivity contribution in [3.63, 3.8) is 0 Å². The normalized spacial score (nSPS) is 17.2. The van der Waals surface area contributed by atoms with Gasteiger partial charge in [0.1, 0.15) is 18.1 Å². The number of aryl methyl sites for hydroxylation is 1. The minimum absolute atomic E-state index is 0.0838. The van der Waals surface area contributed by atoms with Gasteiger partial charge in [0, 0.05) is 25.4 Å². The second kappa shape index (κ2) is 6.92. The molecule has 0 radical (unpaired) electrons. The van der Waals surface area contributed by atoms with Crippen molar-refractivity contribution < 1.29 is 13.9 Å². The maximum Gasteiger partial charge on any atom is 0.322 e. The molecular weight excluding hydrogens is 310 g/mol. The summed E-state index contributed by atoms with van der Waals surface area (Å²) < 4.78 is 10.8. The Labute approximate surface area is 139 Å². The number of hydrogen-bond acceptors (Lipinski definition) is 4. The quantitative estimate of drug-likeness (QED) is 0.902. The molecule has 1 saturated heterocycles. The van der Waals surface area contributed by atoms with Gasteiger partial charge in [0.25, 0.3) is 5.56 Å². The van der Waals surface area contributed by atoms with Crippen LogP contribution in [0.5, 0.6) is 0 Å². The summed E-state index contributed by atoms with van der Waals surface area (Å²) in [7, 11) is 1.61. The highest BCUT2D eigenvalue weighted by atomic mass is 16.5. The molecule has 24 heavy (non-hydrogen) atoms. The molecule has 7 heteroatoms. The van der Waals surface area contributed by atoms with Crippen LogP contribution < -0.4 is 10.9 Å². The van der Waals surface area contributed by atoms with E-state index < -0.39 is 0 Å². The summed E-state index contributed by atoms with van der Waals surface area (Å²) in [5.41, 5.74) is 0.969. The Bertz CT molecular complexity index is 780. The first kappa shape index (κ1) is 16.3. The molecule has 128 valence electrons. The predicted molar refractivity (Wildman–Crippen MR) is 88.9 cm³/mol. The number of hydrogen-bond donors (Lipinski definition) is 2. The van der Waals surface area contributed by atoms with Crippen LogP contribution in [-0.4, -0.2) is 29.6 Å². The average Bonchev–Trinajstić information content (AvgIpc) is 3.20. The first-order chi connectivity index (χ1) is 11.6. The van der Waals surface area contributed by atoms with E-state index in [2.05, 4.69) is 10.3 Å². The highest BCUT2D eigenvalue weighted by Gasteiger charge is 2.32. The number of ether oxygens (including phenoxy) is 1. The Morgan fingerprint density at radius 2 is 2.33 bits per heavy atom. The van der Waals surface area contributed by atoms with Gasteiger partial charge in [-0.1, -0.05) is 0 Å². The maximum absolute atomic E-state index is 12.6. The van der Waals surface area contributed by atoms with Gasteiger partial charge in [0.2, 0.25) is 0 Å². The molecule has 1 fully saturated rings. The number of pyridine rings is 1. The number of methoxy groups -OCH3 is 1. The van der Waals surface area contributed by atoms with E-state index in [1.165, 1.54) is 6.20 Å². The van der Waals surface area contributed by atoms with Gasteiger partial charge in [-0.25, -0.2) is 4.79 Å². The van der Waals surface area contributed by atoms with E-state index in [4.69, 9.17) is 9.15 Å². The molecule has 2 amide bonds. The lowest BCUT2D eigenvalue weighted by atomic mass is 10.2. The minimum atomic E-state index is -0.200. The number of H-pyrrole nitrogens is 1. The number of aromatic nitrogens is 1. The zero-order valence-corrected chi connectivity index (χ0v) is 13.8. The van der Waals surface area contributed by atoms with Crippen LogP contribution in [0.3, 0.4) is 0 Å². The van der Waals surface area contributed by atoms with Crippen LogP contribution in [0.2, 0.25) is 0 Å². The molecule has 0 aliphatic carbocycles. The molecule has 0 unspecified atom stereocenters. The average molecular weight is 331 g/mol. The Morgan fingerprint density at radius 3 is 3.08 bits per heavy atom. The highest BCUT2D eigenvalue weighted by Crippen LogP contribution is 2.33. The Balaban J connectivity index is 1.72. The third kappa shape index (κ3) is 3.35. The van der Waals surface area contributed by atoms with E-state index in [0.717, 1.165) is 24.4 Å². The second-order valence-electron chi connectivity index (χ2n) is 5.92. The molecule has 1 aliphatic heterocycles. The number of urea groups is 1. The maximum atomic E-state index is 12.6. The summed E-state index contributed by atoms with van der Waals surface area (Å²) >= 11 is 0. The number of anilines is 1. The van der Waals surface area contributed by atoms with Crippen LogP contribution in [0.4, 0.5) is 10.5 Å². The monoisotopic (exact) mass is 331 g/mol. The number of amides is 2. The van der Waals surface area contributed by atoms with Gasteiger partial charge < -0.3 is 24.4 Å². The summed E-state index contributed by atoms with van der Waals surface area (Å²) in [6, 6.07) is 5.15. The number of rotatable bonds is 4. The van der Waals surface area contributed by atoms with Crippen LogP contribution >= 0.6 is 0 Å². The van der Waals surface area contributed by atoms with Gasteiger partial charge in [-0.05, 0) is 38.0 Å². The highest BCUT2D eigenvalue weighted by molar-refractivity contribution is 5.89. The van der Waals surface area contributed by atoms with E-state index in [1.54, 1.807) is 25.0 Å². The van der Waals surface area contributed by atoms with Crippen molar-refractivity contribution in [2.45, 2.75) is 32.4 Å². The smallest absolute Gasteiger partial charge is 0.322 e. The van der Waals surface area contributed by atoms with Crippen molar-refractivity contribution >= 4 is 11.7 Å². The summed E-state index contributed by atoms with van der Waals surface area (Å²) in [4.78, 5) is 28.4.